The van der Waals surface area contributed by atoms with Crippen LogP contribution >= 0.6 is 24.0 Å². The molecule has 1 saturated heterocycles. The SMILES string of the molecule is C=CCOc1ccccc1CN=C(NCC)NCC1CN(CC(C)C)CCO1.I. The molecule has 0 aromatic heterocycles. The van der Waals surface area contributed by atoms with Gasteiger partial charge in [-0.25, -0.2) is 4.99 Å². The lowest BCUT2D eigenvalue weighted by atomic mass is 10.2. The lowest BCUT2D eigenvalue weighted by Crippen LogP contribution is -2.50. The smallest absolute Gasteiger partial charge is 0.191 e. The Morgan fingerprint density at radius 2 is 2.17 bits per heavy atom. The number of benzene rings is 1. The number of aliphatic imine (C=N–C) groups is 1. The van der Waals surface area contributed by atoms with Crippen LogP contribution in [0.4, 0.5) is 0 Å². The van der Waals surface area contributed by atoms with Gasteiger partial charge in [-0.2, -0.15) is 0 Å². The molecular weight excluding hydrogens is 479 g/mol. The van der Waals surface area contributed by atoms with E-state index in [0.717, 1.165) is 56.6 Å². The van der Waals surface area contributed by atoms with Crippen LogP contribution in [-0.2, 0) is 11.3 Å². The van der Waals surface area contributed by atoms with Crippen LogP contribution in [0.2, 0.25) is 0 Å². The molecule has 6 nitrogen and oxygen atoms in total. The molecule has 0 spiro atoms. The highest BCUT2D eigenvalue weighted by molar-refractivity contribution is 14.0. The molecule has 1 heterocycles. The van der Waals surface area contributed by atoms with Crippen molar-refractivity contribution in [1.29, 1.82) is 0 Å². The molecule has 1 unspecified atom stereocenters. The van der Waals surface area contributed by atoms with Crippen molar-refractivity contribution in [1.82, 2.24) is 15.5 Å². The summed E-state index contributed by atoms with van der Waals surface area (Å²) in [4.78, 5) is 7.21. The normalized spacial score (nSPS) is 17.5. The Morgan fingerprint density at radius 3 is 2.90 bits per heavy atom. The van der Waals surface area contributed by atoms with E-state index >= 15 is 0 Å². The van der Waals surface area contributed by atoms with Gasteiger partial charge in [-0.3, -0.25) is 4.90 Å². The van der Waals surface area contributed by atoms with Crippen LogP contribution in [0.1, 0.15) is 26.3 Å². The van der Waals surface area contributed by atoms with E-state index in [1.54, 1.807) is 6.08 Å². The summed E-state index contributed by atoms with van der Waals surface area (Å²) in [5.74, 6) is 2.32. The highest BCUT2D eigenvalue weighted by Gasteiger charge is 2.21. The topological polar surface area (TPSA) is 58.1 Å². The van der Waals surface area contributed by atoms with Crippen molar-refractivity contribution in [3.8, 4) is 5.75 Å². The van der Waals surface area contributed by atoms with E-state index < -0.39 is 0 Å². The number of guanidine groups is 1. The number of halogens is 1. The Hall–Kier alpha value is -1.32. The third kappa shape index (κ3) is 9.82. The third-order valence-electron chi connectivity index (χ3n) is 4.42. The maximum atomic E-state index is 5.93. The molecule has 1 aliphatic rings. The molecule has 0 saturated carbocycles. The monoisotopic (exact) mass is 516 g/mol. The average Bonchev–Trinajstić information content (AvgIpc) is 2.69. The second-order valence-electron chi connectivity index (χ2n) is 7.43. The molecular formula is C22H37IN4O2. The minimum Gasteiger partial charge on any atom is -0.489 e. The summed E-state index contributed by atoms with van der Waals surface area (Å²) in [5, 5.41) is 6.74. The molecule has 1 atom stereocenters. The molecule has 0 radical (unpaired) electrons. The highest BCUT2D eigenvalue weighted by Crippen LogP contribution is 2.18. The number of rotatable bonds is 10. The Bertz CT molecular complexity index is 625. The number of para-hydroxylation sites is 1. The molecule has 2 N–H and O–H groups in total. The minimum absolute atomic E-state index is 0. The largest absolute Gasteiger partial charge is 0.489 e. The molecule has 2 rings (SSSR count). The quantitative estimate of drug-likeness (QED) is 0.217. The predicted octanol–water partition coefficient (Wildman–Crippen LogP) is 3.28. The number of hydrogen-bond acceptors (Lipinski definition) is 4. The van der Waals surface area contributed by atoms with Gasteiger partial charge >= 0.3 is 0 Å². The fraction of sp³-hybridized carbons (Fsp3) is 0.591. The van der Waals surface area contributed by atoms with Gasteiger partial charge in [0.05, 0.1) is 19.3 Å². The summed E-state index contributed by atoms with van der Waals surface area (Å²) in [5.41, 5.74) is 1.05. The lowest BCUT2D eigenvalue weighted by Gasteiger charge is -2.34. The van der Waals surface area contributed by atoms with Crippen molar-refractivity contribution >= 4 is 29.9 Å². The zero-order valence-corrected chi connectivity index (χ0v) is 20.4. The van der Waals surface area contributed by atoms with Crippen molar-refractivity contribution in [2.45, 2.75) is 33.4 Å². The summed E-state index contributed by atoms with van der Waals surface area (Å²) in [7, 11) is 0. The first kappa shape index (κ1) is 25.7. The number of morpholine rings is 1. The van der Waals surface area contributed by atoms with Crippen molar-refractivity contribution in [2.75, 3.05) is 45.9 Å². The summed E-state index contributed by atoms with van der Waals surface area (Å²) in [6.45, 7) is 16.8. The summed E-state index contributed by atoms with van der Waals surface area (Å²) < 4.78 is 11.7. The Morgan fingerprint density at radius 1 is 1.38 bits per heavy atom. The minimum atomic E-state index is 0. The Balaban J connectivity index is 0.00000420. The van der Waals surface area contributed by atoms with Gasteiger partial charge in [-0.1, -0.05) is 44.7 Å². The van der Waals surface area contributed by atoms with E-state index in [2.05, 4.69) is 42.9 Å². The van der Waals surface area contributed by atoms with Crippen LogP contribution in [0.3, 0.4) is 0 Å². The van der Waals surface area contributed by atoms with E-state index in [4.69, 9.17) is 14.5 Å². The molecule has 1 aromatic carbocycles. The van der Waals surface area contributed by atoms with Crippen molar-refractivity contribution < 1.29 is 9.47 Å². The van der Waals surface area contributed by atoms with Gasteiger partial charge in [-0.05, 0) is 18.9 Å². The summed E-state index contributed by atoms with van der Waals surface area (Å²) in [6.07, 6.45) is 1.93. The maximum absolute atomic E-state index is 5.93. The van der Waals surface area contributed by atoms with E-state index in [1.165, 1.54) is 0 Å². The summed E-state index contributed by atoms with van der Waals surface area (Å²) >= 11 is 0. The second-order valence-corrected chi connectivity index (χ2v) is 7.43. The van der Waals surface area contributed by atoms with Gasteiger partial charge in [0, 0.05) is 38.3 Å². The Labute approximate surface area is 193 Å². The molecule has 0 aliphatic carbocycles. The number of nitrogens with zero attached hydrogens (tertiary/aromatic N) is 2. The fourth-order valence-electron chi connectivity index (χ4n) is 3.23. The van der Waals surface area contributed by atoms with Gasteiger partial charge < -0.3 is 20.1 Å². The van der Waals surface area contributed by atoms with Crippen molar-refractivity contribution in [2.24, 2.45) is 10.9 Å². The number of ether oxygens (including phenoxy) is 2. The van der Waals surface area contributed by atoms with Crippen LogP contribution in [0.15, 0.2) is 41.9 Å². The first-order valence-corrected chi connectivity index (χ1v) is 10.3. The predicted molar refractivity (Wildman–Crippen MR) is 131 cm³/mol. The van der Waals surface area contributed by atoms with E-state index in [1.807, 2.05) is 24.3 Å². The van der Waals surface area contributed by atoms with E-state index in [0.29, 0.717) is 19.1 Å². The standard InChI is InChI=1S/C22H36N4O2.HI/c1-5-12-28-21-10-8-7-9-19(21)14-24-22(23-6-2)25-15-20-17-26(11-13-27-20)16-18(3)4;/h5,7-10,18,20H,1,6,11-17H2,2-4H3,(H2,23,24,25);1H. The van der Waals surface area contributed by atoms with Gasteiger partial charge in [0.1, 0.15) is 12.4 Å². The molecule has 0 bridgehead atoms. The number of hydrogen-bond donors (Lipinski definition) is 2. The molecule has 7 heteroatoms. The first-order valence-electron chi connectivity index (χ1n) is 10.3. The molecule has 29 heavy (non-hydrogen) atoms. The lowest BCUT2D eigenvalue weighted by molar-refractivity contribution is -0.0284. The van der Waals surface area contributed by atoms with Crippen LogP contribution in [-0.4, -0.2) is 62.9 Å². The van der Waals surface area contributed by atoms with Gasteiger partial charge in [0.2, 0.25) is 0 Å². The first-order chi connectivity index (χ1) is 13.6. The summed E-state index contributed by atoms with van der Waals surface area (Å²) in [6, 6.07) is 7.98. The molecule has 0 amide bonds. The van der Waals surface area contributed by atoms with E-state index in [9.17, 15) is 0 Å². The van der Waals surface area contributed by atoms with Gasteiger partial charge in [0.25, 0.3) is 0 Å². The van der Waals surface area contributed by atoms with Crippen molar-refractivity contribution in [3.63, 3.8) is 0 Å². The van der Waals surface area contributed by atoms with Crippen LogP contribution < -0.4 is 15.4 Å². The van der Waals surface area contributed by atoms with Crippen LogP contribution in [0.25, 0.3) is 0 Å². The van der Waals surface area contributed by atoms with Crippen LogP contribution in [0, 0.1) is 5.92 Å². The molecule has 1 fully saturated rings. The van der Waals surface area contributed by atoms with Gasteiger partial charge in [-0.15, -0.1) is 24.0 Å². The zero-order chi connectivity index (χ0) is 20.2. The maximum Gasteiger partial charge on any atom is 0.191 e. The average molecular weight is 516 g/mol. The molecule has 1 aromatic rings. The van der Waals surface area contributed by atoms with Crippen molar-refractivity contribution in [3.05, 3.63) is 42.5 Å². The number of nitrogens with one attached hydrogen (secondary N) is 2. The highest BCUT2D eigenvalue weighted by atomic mass is 127. The third-order valence-corrected chi connectivity index (χ3v) is 4.42. The second kappa shape index (κ2) is 14.6. The molecule has 164 valence electrons. The zero-order valence-electron chi connectivity index (χ0n) is 18.0. The Kier molecular flexibility index (Phi) is 13.0. The molecule has 1 aliphatic heterocycles. The fourth-order valence-corrected chi connectivity index (χ4v) is 3.23. The van der Waals surface area contributed by atoms with Gasteiger partial charge in [0.15, 0.2) is 5.96 Å². The van der Waals surface area contributed by atoms with E-state index in [-0.39, 0.29) is 30.1 Å². The van der Waals surface area contributed by atoms with Crippen LogP contribution in [0.5, 0.6) is 5.75 Å².